The van der Waals surface area contributed by atoms with Gasteiger partial charge in [0, 0.05) is 43.4 Å². The number of halogens is 1. The summed E-state index contributed by atoms with van der Waals surface area (Å²) in [6.07, 6.45) is 1.16. The number of hydrogen-bond acceptors (Lipinski definition) is 10. The van der Waals surface area contributed by atoms with E-state index in [1.165, 1.54) is 66.5 Å². The molecule has 0 saturated heterocycles. The Morgan fingerprint density at radius 1 is 1.10 bits per heavy atom. The van der Waals surface area contributed by atoms with E-state index in [1.54, 1.807) is 13.0 Å². The van der Waals surface area contributed by atoms with Crippen LogP contribution in [0.5, 0.6) is 5.75 Å². The fraction of sp³-hybridized carbons (Fsp3) is 0.515. The molecule has 270 valence electrons. The minimum Gasteiger partial charge on any atom is -0.490 e. The van der Waals surface area contributed by atoms with Gasteiger partial charge >= 0.3 is 0 Å². The molecule has 2 aromatic carbocycles. The Morgan fingerprint density at radius 2 is 1.80 bits per heavy atom. The third-order valence-electron chi connectivity index (χ3n) is 8.50. The van der Waals surface area contributed by atoms with Crippen molar-refractivity contribution in [3.63, 3.8) is 0 Å². The SMILES string of the molecule is Cc1noc(C)c1S(=O)(=O)Nc1ccc2c(c1)C(=O)N([C@@H](C)CO)C[C@H](C)[C@H](CN(C)S(=O)(=O)c1ccc(Cl)cc1)OCCCC[C@@H](C)O2. The van der Waals surface area contributed by atoms with Gasteiger partial charge in [0.05, 0.1) is 35.3 Å². The highest BCUT2D eigenvalue weighted by atomic mass is 35.5. The number of nitrogens with one attached hydrogen (secondary N) is 1. The van der Waals surface area contributed by atoms with Crippen molar-refractivity contribution in [1.29, 1.82) is 0 Å². The van der Waals surface area contributed by atoms with Crippen molar-refractivity contribution >= 4 is 43.2 Å². The average molecular weight is 741 g/mol. The molecule has 13 nitrogen and oxygen atoms in total. The number of aryl methyl sites for hydroxylation is 2. The van der Waals surface area contributed by atoms with E-state index in [0.29, 0.717) is 24.5 Å². The van der Waals surface area contributed by atoms with Crippen LogP contribution in [0.3, 0.4) is 0 Å². The number of amides is 1. The van der Waals surface area contributed by atoms with Gasteiger partial charge < -0.3 is 24.0 Å². The molecule has 0 saturated carbocycles. The number of rotatable bonds is 9. The van der Waals surface area contributed by atoms with Gasteiger partial charge in [0.25, 0.3) is 15.9 Å². The first-order chi connectivity index (χ1) is 23.0. The van der Waals surface area contributed by atoms with E-state index in [4.69, 9.17) is 25.6 Å². The van der Waals surface area contributed by atoms with Crippen LogP contribution in [0.4, 0.5) is 5.69 Å². The third kappa shape index (κ3) is 9.32. The molecule has 16 heteroatoms. The molecule has 3 aromatic rings. The molecular weight excluding hydrogens is 696 g/mol. The Balaban J connectivity index is 1.69. The number of aliphatic hydroxyl groups is 1. The molecule has 2 N–H and O–H groups in total. The number of benzene rings is 2. The maximum absolute atomic E-state index is 14.4. The molecular formula is C33H45ClN4O9S2. The second-order valence-corrected chi connectivity index (χ2v) is 16.6. The van der Waals surface area contributed by atoms with Crippen LogP contribution in [0.2, 0.25) is 5.02 Å². The topological polar surface area (TPSA) is 169 Å². The number of sulfonamides is 2. The molecule has 1 amide bonds. The standard InChI is InChI=1S/C33H45ClN4O9S2/c1-21-18-38(22(2)20-39)33(40)29-17-27(36-48(41,42)32-24(4)35-47-25(32)5)12-15-30(29)46-23(3)9-7-8-16-45-31(21)19-37(6)49(43,44)28-13-10-26(34)11-14-28/h10-15,17,21-23,31,36,39H,7-9,16,18-20H2,1-6H3/t21-,22-,23+,31-/m0/s1. The van der Waals surface area contributed by atoms with Gasteiger partial charge in [0.1, 0.15) is 11.4 Å². The number of aromatic nitrogens is 1. The number of ether oxygens (including phenoxy) is 2. The lowest BCUT2D eigenvalue weighted by Crippen LogP contribution is -2.48. The first-order valence-electron chi connectivity index (χ1n) is 16.1. The molecule has 0 bridgehead atoms. The lowest BCUT2D eigenvalue weighted by molar-refractivity contribution is -0.00833. The first-order valence-corrected chi connectivity index (χ1v) is 19.4. The fourth-order valence-electron chi connectivity index (χ4n) is 5.65. The summed E-state index contributed by atoms with van der Waals surface area (Å²) in [5.41, 5.74) is 0.400. The van der Waals surface area contributed by atoms with Crippen LogP contribution in [0.1, 0.15) is 61.8 Å². The number of anilines is 1. The van der Waals surface area contributed by atoms with Gasteiger partial charge in [-0.3, -0.25) is 9.52 Å². The van der Waals surface area contributed by atoms with Crippen LogP contribution in [0, 0.1) is 19.8 Å². The Kier molecular flexibility index (Phi) is 12.8. The van der Waals surface area contributed by atoms with Crippen molar-refractivity contribution in [1.82, 2.24) is 14.4 Å². The summed E-state index contributed by atoms with van der Waals surface area (Å²) in [6.45, 7) is 8.54. The van der Waals surface area contributed by atoms with E-state index in [-0.39, 0.29) is 64.0 Å². The summed E-state index contributed by atoms with van der Waals surface area (Å²) in [4.78, 5) is 15.9. The van der Waals surface area contributed by atoms with Crippen molar-refractivity contribution in [3.05, 3.63) is 64.5 Å². The minimum absolute atomic E-state index is 0.00535. The summed E-state index contributed by atoms with van der Waals surface area (Å²) in [5.74, 6) is -0.517. The zero-order valence-corrected chi connectivity index (χ0v) is 30.9. The molecule has 1 aromatic heterocycles. The quantitative estimate of drug-likeness (QED) is 0.309. The maximum atomic E-state index is 14.4. The predicted molar refractivity (Wildman–Crippen MR) is 185 cm³/mol. The minimum atomic E-state index is -4.12. The van der Waals surface area contributed by atoms with Crippen molar-refractivity contribution < 1.29 is 40.7 Å². The lowest BCUT2D eigenvalue weighted by Gasteiger charge is -2.35. The Morgan fingerprint density at radius 3 is 2.43 bits per heavy atom. The second kappa shape index (κ2) is 16.2. The third-order valence-corrected chi connectivity index (χ3v) is 12.2. The molecule has 2 heterocycles. The average Bonchev–Trinajstić information content (AvgIpc) is 3.40. The normalized spacial score (nSPS) is 20.7. The molecule has 1 aliphatic rings. The highest BCUT2D eigenvalue weighted by Gasteiger charge is 2.33. The smallest absolute Gasteiger partial charge is 0.267 e. The van der Waals surface area contributed by atoms with Gasteiger partial charge in [-0.05, 0) is 89.4 Å². The largest absolute Gasteiger partial charge is 0.490 e. The highest BCUT2D eigenvalue weighted by molar-refractivity contribution is 7.92. The Bertz CT molecular complexity index is 1800. The number of carbonyl (C=O) groups excluding carboxylic acids is 1. The number of carbonyl (C=O) groups is 1. The van der Waals surface area contributed by atoms with Crippen LogP contribution < -0.4 is 9.46 Å². The molecule has 0 aliphatic carbocycles. The number of likely N-dealkylation sites (N-methyl/N-ethyl adjacent to an activating group) is 1. The van der Waals surface area contributed by atoms with Crippen molar-refractivity contribution in [3.8, 4) is 5.75 Å². The number of aliphatic hydroxyl groups excluding tert-OH is 1. The molecule has 0 fully saturated rings. The van der Waals surface area contributed by atoms with Crippen LogP contribution in [0.25, 0.3) is 0 Å². The predicted octanol–water partition coefficient (Wildman–Crippen LogP) is 4.86. The number of fused-ring (bicyclic) bond motifs is 1. The van der Waals surface area contributed by atoms with Crippen LogP contribution in [-0.2, 0) is 24.8 Å². The molecule has 0 spiro atoms. The van der Waals surface area contributed by atoms with Crippen LogP contribution >= 0.6 is 11.6 Å². The van der Waals surface area contributed by atoms with Gasteiger partial charge in [-0.1, -0.05) is 23.7 Å². The van der Waals surface area contributed by atoms with Gasteiger partial charge in [0.2, 0.25) is 10.0 Å². The van der Waals surface area contributed by atoms with Crippen molar-refractivity contribution in [2.24, 2.45) is 5.92 Å². The number of hydrogen-bond donors (Lipinski definition) is 2. The van der Waals surface area contributed by atoms with Crippen LogP contribution in [0.15, 0.2) is 56.8 Å². The molecule has 1 aliphatic heterocycles. The maximum Gasteiger partial charge on any atom is 0.267 e. The molecule has 4 atom stereocenters. The van der Waals surface area contributed by atoms with Gasteiger partial charge in [0.15, 0.2) is 10.7 Å². The van der Waals surface area contributed by atoms with Crippen molar-refractivity contribution in [2.45, 2.75) is 81.9 Å². The van der Waals surface area contributed by atoms with E-state index < -0.39 is 44.0 Å². The molecule has 49 heavy (non-hydrogen) atoms. The summed E-state index contributed by atoms with van der Waals surface area (Å²) < 4.78 is 74.8. The van der Waals surface area contributed by atoms with E-state index >= 15 is 0 Å². The molecule has 0 unspecified atom stereocenters. The van der Waals surface area contributed by atoms with Gasteiger partial charge in [-0.25, -0.2) is 16.8 Å². The van der Waals surface area contributed by atoms with Crippen LogP contribution in [-0.4, -0.2) is 93.8 Å². The first kappa shape index (κ1) is 38.6. The lowest BCUT2D eigenvalue weighted by atomic mass is 10.0. The van der Waals surface area contributed by atoms with E-state index in [1.807, 2.05) is 13.8 Å². The summed E-state index contributed by atoms with van der Waals surface area (Å²) in [7, 11) is -6.53. The van der Waals surface area contributed by atoms with E-state index in [2.05, 4.69) is 9.88 Å². The zero-order valence-electron chi connectivity index (χ0n) is 28.5. The zero-order chi connectivity index (χ0) is 36.1. The Hall–Kier alpha value is -3.21. The molecule has 4 rings (SSSR count). The number of nitrogens with zero attached hydrogens (tertiary/aromatic N) is 3. The van der Waals surface area contributed by atoms with E-state index in [9.17, 15) is 26.7 Å². The monoisotopic (exact) mass is 740 g/mol. The van der Waals surface area contributed by atoms with Gasteiger partial charge in [-0.15, -0.1) is 0 Å². The highest BCUT2D eigenvalue weighted by Crippen LogP contribution is 2.31. The summed E-state index contributed by atoms with van der Waals surface area (Å²) >= 11 is 5.98. The second-order valence-electron chi connectivity index (χ2n) is 12.5. The summed E-state index contributed by atoms with van der Waals surface area (Å²) in [5, 5.41) is 14.4. The fourth-order valence-corrected chi connectivity index (χ4v) is 8.34. The van der Waals surface area contributed by atoms with E-state index in [0.717, 1.165) is 6.42 Å². The summed E-state index contributed by atoms with van der Waals surface area (Å²) in [6, 6.07) is 9.73. The van der Waals surface area contributed by atoms with Gasteiger partial charge in [-0.2, -0.15) is 4.31 Å². The molecule has 0 radical (unpaired) electrons. The van der Waals surface area contributed by atoms with Crippen molar-refractivity contribution in [2.75, 3.05) is 38.1 Å². The Labute approximate surface area is 293 Å².